The fourth-order valence-electron chi connectivity index (χ4n) is 1.62. The van der Waals surface area contributed by atoms with Crippen LogP contribution in [-0.2, 0) is 23.5 Å². The smallest absolute Gasteiger partial charge is 0.175 e. The van der Waals surface area contributed by atoms with E-state index in [4.69, 9.17) is 5.11 Å². The second-order valence-corrected chi connectivity index (χ2v) is 5.97. The number of aliphatic hydroxyl groups excluding tert-OH is 1. The molecule has 0 aliphatic carbocycles. The molecule has 0 amide bonds. The molecule has 96 valence electrons. The molecule has 0 radical (unpaired) electrons. The molecule has 0 aliphatic heterocycles. The predicted octanol–water partition coefficient (Wildman–Crippen LogP) is 0.378. The molecule has 0 saturated heterocycles. The zero-order valence-electron chi connectivity index (χ0n) is 10.0. The predicted molar refractivity (Wildman–Crippen MR) is 65.5 cm³/mol. The summed E-state index contributed by atoms with van der Waals surface area (Å²) < 4.78 is 24.6. The maximum absolute atomic E-state index is 11.5. The van der Waals surface area contributed by atoms with Gasteiger partial charge in [-0.15, -0.1) is 10.2 Å². The fourth-order valence-corrected chi connectivity index (χ4v) is 2.28. The van der Waals surface area contributed by atoms with Crippen LogP contribution in [0, 0.1) is 0 Å². The van der Waals surface area contributed by atoms with Gasteiger partial charge in [0, 0.05) is 18.9 Å². The Hall–Kier alpha value is -1.73. The Morgan fingerprint density at radius 2 is 2.06 bits per heavy atom. The molecule has 0 spiro atoms. The van der Waals surface area contributed by atoms with Crippen molar-refractivity contribution in [1.29, 1.82) is 0 Å². The number of hydrogen-bond donors (Lipinski definition) is 1. The van der Waals surface area contributed by atoms with Crippen LogP contribution in [0.3, 0.4) is 0 Å². The molecule has 0 atom stereocenters. The number of rotatable bonds is 3. The van der Waals surface area contributed by atoms with Gasteiger partial charge in [0.2, 0.25) is 0 Å². The topological polar surface area (TPSA) is 85.1 Å². The van der Waals surface area contributed by atoms with Gasteiger partial charge in [-0.3, -0.25) is 0 Å². The molecule has 0 saturated carbocycles. The highest BCUT2D eigenvalue weighted by Crippen LogP contribution is 2.20. The molecule has 0 fully saturated rings. The molecule has 1 aromatic heterocycles. The number of benzene rings is 1. The summed E-state index contributed by atoms with van der Waals surface area (Å²) >= 11 is 0. The molecule has 7 heteroatoms. The molecule has 6 nitrogen and oxygen atoms in total. The van der Waals surface area contributed by atoms with Crippen molar-refractivity contribution in [3.8, 4) is 11.4 Å². The molecule has 2 rings (SSSR count). The van der Waals surface area contributed by atoms with Crippen LogP contribution in [0.4, 0.5) is 0 Å². The van der Waals surface area contributed by atoms with Crippen LogP contribution in [0.25, 0.3) is 11.4 Å². The van der Waals surface area contributed by atoms with Crippen molar-refractivity contribution in [3.05, 3.63) is 30.1 Å². The van der Waals surface area contributed by atoms with Gasteiger partial charge in [0.25, 0.3) is 0 Å². The summed E-state index contributed by atoms with van der Waals surface area (Å²) in [5.41, 5.74) is 0.646. The van der Waals surface area contributed by atoms with E-state index in [1.807, 2.05) is 0 Å². The van der Waals surface area contributed by atoms with E-state index in [0.717, 1.165) is 6.26 Å². The maximum Gasteiger partial charge on any atom is 0.175 e. The molecule has 0 aliphatic rings. The molecule has 0 unspecified atom stereocenters. The second kappa shape index (κ2) is 4.51. The summed E-state index contributed by atoms with van der Waals surface area (Å²) in [6, 6.07) is 6.47. The van der Waals surface area contributed by atoms with Gasteiger partial charge in [-0.25, -0.2) is 8.42 Å². The third-order valence-corrected chi connectivity index (χ3v) is 3.74. The van der Waals surface area contributed by atoms with Crippen LogP contribution in [0.5, 0.6) is 0 Å². The van der Waals surface area contributed by atoms with Crippen molar-refractivity contribution in [1.82, 2.24) is 14.8 Å². The highest BCUT2D eigenvalue weighted by molar-refractivity contribution is 7.90. The zero-order valence-corrected chi connectivity index (χ0v) is 10.8. The minimum atomic E-state index is -3.25. The number of nitrogens with zero attached hydrogens (tertiary/aromatic N) is 3. The lowest BCUT2D eigenvalue weighted by Gasteiger charge is -2.04. The number of aliphatic hydroxyl groups is 1. The molecular formula is C11H13N3O3S. The second-order valence-electron chi connectivity index (χ2n) is 3.96. The molecule has 0 bridgehead atoms. The lowest BCUT2D eigenvalue weighted by atomic mass is 10.2. The Morgan fingerprint density at radius 3 is 2.61 bits per heavy atom. The van der Waals surface area contributed by atoms with Gasteiger partial charge in [0.15, 0.2) is 21.5 Å². The van der Waals surface area contributed by atoms with E-state index in [1.165, 1.54) is 6.07 Å². The molecule has 1 N–H and O–H groups in total. The van der Waals surface area contributed by atoms with Gasteiger partial charge >= 0.3 is 0 Å². The average molecular weight is 267 g/mol. The summed E-state index contributed by atoms with van der Waals surface area (Å²) in [6.45, 7) is -0.213. The van der Waals surface area contributed by atoms with Crippen LogP contribution in [0.1, 0.15) is 5.82 Å². The van der Waals surface area contributed by atoms with Crippen LogP contribution < -0.4 is 0 Å². The van der Waals surface area contributed by atoms with Gasteiger partial charge in [-0.2, -0.15) is 0 Å². The lowest BCUT2D eigenvalue weighted by molar-refractivity contribution is 0.267. The SMILES string of the molecule is Cn1c(CO)nnc1-c1cccc(S(C)(=O)=O)c1. The first-order chi connectivity index (χ1) is 8.43. The van der Waals surface area contributed by atoms with Crippen LogP contribution in [0.2, 0.25) is 0 Å². The van der Waals surface area contributed by atoms with Gasteiger partial charge in [-0.1, -0.05) is 12.1 Å². The molecule has 2 aromatic rings. The summed E-state index contributed by atoms with van der Waals surface area (Å²) in [5, 5.41) is 16.8. The van der Waals surface area contributed by atoms with Crippen LogP contribution >= 0.6 is 0 Å². The number of aromatic nitrogens is 3. The summed E-state index contributed by atoms with van der Waals surface area (Å²) in [7, 11) is -1.54. The van der Waals surface area contributed by atoms with Gasteiger partial charge in [-0.05, 0) is 12.1 Å². The third-order valence-electron chi connectivity index (χ3n) is 2.63. The average Bonchev–Trinajstić information content (AvgIpc) is 2.69. The van der Waals surface area contributed by atoms with E-state index in [1.54, 1.807) is 29.8 Å². The van der Waals surface area contributed by atoms with E-state index in [9.17, 15) is 8.42 Å². The van der Waals surface area contributed by atoms with Gasteiger partial charge < -0.3 is 9.67 Å². The Kier molecular flexibility index (Phi) is 3.18. The van der Waals surface area contributed by atoms with E-state index in [-0.39, 0.29) is 11.5 Å². The Morgan fingerprint density at radius 1 is 1.33 bits per heavy atom. The summed E-state index contributed by atoms with van der Waals surface area (Å²) in [5.74, 6) is 0.944. The molecule has 1 heterocycles. The van der Waals surface area contributed by atoms with Crippen molar-refractivity contribution < 1.29 is 13.5 Å². The first-order valence-electron chi connectivity index (χ1n) is 5.23. The monoisotopic (exact) mass is 267 g/mol. The highest BCUT2D eigenvalue weighted by Gasteiger charge is 2.13. The number of hydrogen-bond acceptors (Lipinski definition) is 5. The Bertz CT molecular complexity index is 677. The van der Waals surface area contributed by atoms with Crippen molar-refractivity contribution in [2.45, 2.75) is 11.5 Å². The largest absolute Gasteiger partial charge is 0.388 e. The van der Waals surface area contributed by atoms with E-state index in [2.05, 4.69) is 10.2 Å². The van der Waals surface area contributed by atoms with E-state index >= 15 is 0 Å². The van der Waals surface area contributed by atoms with Gasteiger partial charge in [0.1, 0.15) is 6.61 Å². The summed E-state index contributed by atoms with van der Waals surface area (Å²) in [6.07, 6.45) is 1.15. The van der Waals surface area contributed by atoms with Crippen molar-refractivity contribution in [3.63, 3.8) is 0 Å². The maximum atomic E-state index is 11.5. The van der Waals surface area contributed by atoms with Gasteiger partial charge in [0.05, 0.1) is 4.90 Å². The first-order valence-corrected chi connectivity index (χ1v) is 7.12. The Labute approximate surface area is 105 Å². The van der Waals surface area contributed by atoms with Crippen LogP contribution in [-0.4, -0.2) is 34.5 Å². The molecule has 1 aromatic carbocycles. The van der Waals surface area contributed by atoms with Crippen molar-refractivity contribution >= 4 is 9.84 Å². The fraction of sp³-hybridized carbons (Fsp3) is 0.273. The Balaban J connectivity index is 2.55. The van der Waals surface area contributed by atoms with E-state index in [0.29, 0.717) is 17.2 Å². The quantitative estimate of drug-likeness (QED) is 0.869. The van der Waals surface area contributed by atoms with Crippen molar-refractivity contribution in [2.24, 2.45) is 7.05 Å². The number of sulfone groups is 1. The molecule has 18 heavy (non-hydrogen) atoms. The lowest BCUT2D eigenvalue weighted by Crippen LogP contribution is -2.01. The first kappa shape index (κ1) is 12.7. The zero-order chi connectivity index (χ0) is 13.3. The normalized spacial score (nSPS) is 11.7. The third kappa shape index (κ3) is 2.27. The molecular weight excluding hydrogens is 254 g/mol. The minimum Gasteiger partial charge on any atom is -0.388 e. The van der Waals surface area contributed by atoms with Crippen LogP contribution in [0.15, 0.2) is 29.2 Å². The summed E-state index contributed by atoms with van der Waals surface area (Å²) in [4.78, 5) is 0.230. The van der Waals surface area contributed by atoms with E-state index < -0.39 is 9.84 Å². The van der Waals surface area contributed by atoms with Crippen molar-refractivity contribution in [2.75, 3.05) is 6.26 Å². The highest BCUT2D eigenvalue weighted by atomic mass is 32.2. The standard InChI is InChI=1S/C11H13N3O3S/c1-14-10(7-15)12-13-11(14)8-4-3-5-9(6-8)18(2,16)17/h3-6,15H,7H2,1-2H3. The minimum absolute atomic E-state index is 0.213.